The van der Waals surface area contributed by atoms with Gasteiger partial charge < -0.3 is 9.64 Å². The fourth-order valence-electron chi connectivity index (χ4n) is 1.66. The maximum Gasteiger partial charge on any atom is 0.228 e. The molecular formula is C11H10N4O. The van der Waals surface area contributed by atoms with Crippen LogP contribution in [0.5, 0.6) is 5.75 Å². The molecule has 0 aliphatic carbocycles. The first kappa shape index (κ1) is 9.08. The van der Waals surface area contributed by atoms with Crippen molar-refractivity contribution in [1.82, 2.24) is 15.0 Å². The number of rotatable bonds is 1. The Hall–Kier alpha value is -2.17. The molecule has 0 N–H and O–H groups in total. The molecule has 0 radical (unpaired) electrons. The highest BCUT2D eigenvalue weighted by Crippen LogP contribution is 2.24. The van der Waals surface area contributed by atoms with Crippen LogP contribution in [0, 0.1) is 0 Å². The summed E-state index contributed by atoms with van der Waals surface area (Å²) in [5.74, 6) is 1.57. The van der Waals surface area contributed by atoms with Gasteiger partial charge in [0.15, 0.2) is 6.73 Å². The van der Waals surface area contributed by atoms with Crippen LogP contribution >= 0.6 is 0 Å². The molecule has 0 unspecified atom stereocenters. The first-order valence-corrected chi connectivity index (χ1v) is 5.01. The minimum atomic E-state index is 0.473. The molecule has 80 valence electrons. The highest BCUT2D eigenvalue weighted by atomic mass is 16.5. The van der Waals surface area contributed by atoms with Crippen LogP contribution in [0.2, 0.25) is 0 Å². The fourth-order valence-corrected chi connectivity index (χ4v) is 1.66. The molecule has 0 amide bonds. The van der Waals surface area contributed by atoms with Gasteiger partial charge in [-0.25, -0.2) is 9.97 Å². The molecule has 5 nitrogen and oxygen atoms in total. The highest BCUT2D eigenvalue weighted by molar-refractivity contribution is 5.39. The number of hydrogen-bond donors (Lipinski definition) is 0. The van der Waals surface area contributed by atoms with E-state index in [-0.39, 0.29) is 0 Å². The van der Waals surface area contributed by atoms with Crippen molar-refractivity contribution in [3.05, 3.63) is 42.5 Å². The van der Waals surface area contributed by atoms with Crippen molar-refractivity contribution in [3.8, 4) is 5.75 Å². The standard InChI is InChI=1S/C11H10N4O/c1-3-13-11(14-4-1)15-7-9-6-12-5-2-10(9)16-8-15/h1-6H,7-8H2. The quantitative estimate of drug-likeness (QED) is 0.714. The van der Waals surface area contributed by atoms with E-state index in [1.807, 2.05) is 17.2 Å². The summed E-state index contributed by atoms with van der Waals surface area (Å²) in [6.07, 6.45) is 6.99. The average Bonchev–Trinajstić information content (AvgIpc) is 2.39. The van der Waals surface area contributed by atoms with Gasteiger partial charge in [-0.3, -0.25) is 4.98 Å². The molecule has 5 heteroatoms. The number of fused-ring (bicyclic) bond motifs is 1. The lowest BCUT2D eigenvalue weighted by molar-refractivity contribution is 0.286. The molecule has 0 spiro atoms. The smallest absolute Gasteiger partial charge is 0.228 e. The van der Waals surface area contributed by atoms with Gasteiger partial charge in [-0.15, -0.1) is 0 Å². The summed E-state index contributed by atoms with van der Waals surface area (Å²) in [7, 11) is 0. The maximum absolute atomic E-state index is 5.60. The Morgan fingerprint density at radius 2 is 2.06 bits per heavy atom. The zero-order valence-electron chi connectivity index (χ0n) is 8.58. The van der Waals surface area contributed by atoms with E-state index in [4.69, 9.17) is 4.74 Å². The van der Waals surface area contributed by atoms with Gasteiger partial charge in [-0.2, -0.15) is 0 Å². The van der Waals surface area contributed by atoms with Crippen molar-refractivity contribution in [3.63, 3.8) is 0 Å². The van der Waals surface area contributed by atoms with Gasteiger partial charge in [0.1, 0.15) is 5.75 Å². The fraction of sp³-hybridized carbons (Fsp3) is 0.182. The van der Waals surface area contributed by atoms with Crippen molar-refractivity contribution in [2.24, 2.45) is 0 Å². The van der Waals surface area contributed by atoms with Gasteiger partial charge in [0.05, 0.1) is 6.54 Å². The van der Waals surface area contributed by atoms with Crippen molar-refractivity contribution < 1.29 is 4.74 Å². The van der Waals surface area contributed by atoms with Crippen molar-refractivity contribution in [2.75, 3.05) is 11.6 Å². The largest absolute Gasteiger partial charge is 0.473 e. The Morgan fingerprint density at radius 1 is 1.19 bits per heavy atom. The minimum absolute atomic E-state index is 0.473. The van der Waals surface area contributed by atoms with Crippen LogP contribution in [-0.4, -0.2) is 21.7 Å². The minimum Gasteiger partial charge on any atom is -0.473 e. The zero-order chi connectivity index (χ0) is 10.8. The predicted molar refractivity (Wildman–Crippen MR) is 57.9 cm³/mol. The van der Waals surface area contributed by atoms with E-state index in [0.29, 0.717) is 12.7 Å². The van der Waals surface area contributed by atoms with Crippen LogP contribution in [-0.2, 0) is 6.54 Å². The number of pyridine rings is 1. The summed E-state index contributed by atoms with van der Waals surface area (Å²) in [6, 6.07) is 3.67. The summed E-state index contributed by atoms with van der Waals surface area (Å²) >= 11 is 0. The SMILES string of the molecule is c1cnc(N2COc3ccncc3C2)nc1. The number of ether oxygens (including phenoxy) is 1. The van der Waals surface area contributed by atoms with Crippen LogP contribution in [0.15, 0.2) is 36.9 Å². The Kier molecular flexibility index (Phi) is 2.14. The van der Waals surface area contributed by atoms with Gasteiger partial charge in [0, 0.05) is 30.4 Å². The lowest BCUT2D eigenvalue weighted by atomic mass is 10.2. The monoisotopic (exact) mass is 214 g/mol. The molecule has 0 fully saturated rings. The molecule has 16 heavy (non-hydrogen) atoms. The van der Waals surface area contributed by atoms with Crippen molar-refractivity contribution in [2.45, 2.75) is 6.54 Å². The van der Waals surface area contributed by atoms with Gasteiger partial charge in [-0.1, -0.05) is 0 Å². The van der Waals surface area contributed by atoms with Gasteiger partial charge >= 0.3 is 0 Å². The Labute approximate surface area is 92.7 Å². The van der Waals surface area contributed by atoms with Gasteiger partial charge in [0.2, 0.25) is 5.95 Å². The van der Waals surface area contributed by atoms with E-state index >= 15 is 0 Å². The number of hydrogen-bond acceptors (Lipinski definition) is 5. The summed E-state index contributed by atoms with van der Waals surface area (Å²) < 4.78 is 5.60. The van der Waals surface area contributed by atoms with Crippen LogP contribution < -0.4 is 9.64 Å². The third kappa shape index (κ3) is 1.56. The molecule has 1 aliphatic heterocycles. The maximum atomic E-state index is 5.60. The number of anilines is 1. The molecule has 3 rings (SSSR count). The van der Waals surface area contributed by atoms with E-state index < -0.39 is 0 Å². The second-order valence-corrected chi connectivity index (χ2v) is 3.50. The molecule has 0 bridgehead atoms. The van der Waals surface area contributed by atoms with E-state index in [1.165, 1.54) is 0 Å². The number of aromatic nitrogens is 3. The van der Waals surface area contributed by atoms with E-state index in [2.05, 4.69) is 15.0 Å². The second kappa shape index (κ2) is 3.77. The Balaban J connectivity index is 1.89. The lowest BCUT2D eigenvalue weighted by Gasteiger charge is -2.28. The van der Waals surface area contributed by atoms with Gasteiger partial charge in [-0.05, 0) is 12.1 Å². The Bertz CT molecular complexity index is 488. The van der Waals surface area contributed by atoms with Crippen LogP contribution in [0.4, 0.5) is 5.95 Å². The molecule has 3 heterocycles. The molecule has 0 saturated carbocycles. The summed E-state index contributed by atoms with van der Waals surface area (Å²) in [4.78, 5) is 14.4. The lowest BCUT2D eigenvalue weighted by Crippen LogP contribution is -2.33. The third-order valence-electron chi connectivity index (χ3n) is 2.43. The second-order valence-electron chi connectivity index (χ2n) is 3.50. The summed E-state index contributed by atoms with van der Waals surface area (Å²) in [5.41, 5.74) is 1.06. The molecule has 0 atom stereocenters. The molecule has 0 saturated heterocycles. The first-order valence-electron chi connectivity index (χ1n) is 5.01. The first-order chi connectivity index (χ1) is 7.93. The van der Waals surface area contributed by atoms with Crippen molar-refractivity contribution in [1.29, 1.82) is 0 Å². The third-order valence-corrected chi connectivity index (χ3v) is 2.43. The van der Waals surface area contributed by atoms with E-state index in [0.717, 1.165) is 17.9 Å². The molecule has 2 aromatic rings. The summed E-state index contributed by atoms with van der Waals surface area (Å²) in [5, 5.41) is 0. The molecule has 2 aromatic heterocycles. The molecular weight excluding hydrogens is 204 g/mol. The van der Waals surface area contributed by atoms with Crippen molar-refractivity contribution >= 4 is 5.95 Å². The number of nitrogens with zero attached hydrogens (tertiary/aromatic N) is 4. The van der Waals surface area contributed by atoms with Crippen LogP contribution in [0.1, 0.15) is 5.56 Å². The summed E-state index contributed by atoms with van der Waals surface area (Å²) in [6.45, 7) is 1.20. The van der Waals surface area contributed by atoms with E-state index in [9.17, 15) is 0 Å². The van der Waals surface area contributed by atoms with E-state index in [1.54, 1.807) is 24.7 Å². The van der Waals surface area contributed by atoms with Crippen LogP contribution in [0.25, 0.3) is 0 Å². The predicted octanol–water partition coefficient (Wildman–Crippen LogP) is 1.23. The molecule has 0 aromatic carbocycles. The van der Waals surface area contributed by atoms with Gasteiger partial charge in [0.25, 0.3) is 0 Å². The zero-order valence-corrected chi connectivity index (χ0v) is 8.58. The highest BCUT2D eigenvalue weighted by Gasteiger charge is 2.18. The average molecular weight is 214 g/mol. The molecule has 1 aliphatic rings. The Morgan fingerprint density at radius 3 is 2.94 bits per heavy atom. The normalized spacial score (nSPS) is 14.1. The van der Waals surface area contributed by atoms with Crippen LogP contribution in [0.3, 0.4) is 0 Å². The topological polar surface area (TPSA) is 51.1 Å².